The molecule has 132 valence electrons. The van der Waals surface area contributed by atoms with E-state index in [1.54, 1.807) is 0 Å². The third-order valence-corrected chi connectivity index (χ3v) is 5.60. The number of rotatable bonds is 5. The van der Waals surface area contributed by atoms with Gasteiger partial charge in [0, 0.05) is 19.1 Å². The molecular formula is C20H31N3O. The number of nitrogens with two attached hydrogens (primary N) is 1. The van der Waals surface area contributed by atoms with Gasteiger partial charge in [-0.05, 0) is 43.1 Å². The number of amides is 1. The molecule has 4 heteroatoms. The monoisotopic (exact) mass is 329 g/mol. The number of hydrogen-bond donors (Lipinski definition) is 2. The Morgan fingerprint density at radius 1 is 1.29 bits per heavy atom. The summed E-state index contributed by atoms with van der Waals surface area (Å²) in [5.74, 6) is 0.738. The lowest BCUT2D eigenvalue weighted by Crippen LogP contribution is -2.54. The molecule has 1 saturated heterocycles. The van der Waals surface area contributed by atoms with Gasteiger partial charge in [-0.3, -0.25) is 9.69 Å². The van der Waals surface area contributed by atoms with Crippen molar-refractivity contribution in [3.8, 4) is 0 Å². The van der Waals surface area contributed by atoms with E-state index in [0.29, 0.717) is 12.5 Å². The van der Waals surface area contributed by atoms with Crippen LogP contribution in [-0.2, 0) is 4.79 Å². The summed E-state index contributed by atoms with van der Waals surface area (Å²) in [5.41, 5.74) is 8.76. The molecule has 3 N–H and O–H groups in total. The second-order valence-corrected chi connectivity index (χ2v) is 8.39. The van der Waals surface area contributed by atoms with Crippen LogP contribution < -0.4 is 11.1 Å². The van der Waals surface area contributed by atoms with Crippen LogP contribution in [0.2, 0.25) is 0 Å². The summed E-state index contributed by atoms with van der Waals surface area (Å²) in [7, 11) is 0. The van der Waals surface area contributed by atoms with Gasteiger partial charge < -0.3 is 11.1 Å². The maximum absolute atomic E-state index is 12.6. The van der Waals surface area contributed by atoms with Crippen molar-refractivity contribution < 1.29 is 4.79 Å². The quantitative estimate of drug-likeness (QED) is 0.873. The molecule has 0 aromatic heterocycles. The number of piperidine rings is 1. The third-order valence-electron chi connectivity index (χ3n) is 5.60. The highest BCUT2D eigenvalue weighted by Crippen LogP contribution is 2.41. The molecule has 2 fully saturated rings. The van der Waals surface area contributed by atoms with E-state index in [4.69, 9.17) is 5.73 Å². The molecule has 24 heavy (non-hydrogen) atoms. The molecule has 2 atom stereocenters. The third kappa shape index (κ3) is 4.17. The molecular weight excluding hydrogens is 298 g/mol. The number of benzene rings is 1. The van der Waals surface area contributed by atoms with Crippen LogP contribution in [0.15, 0.2) is 24.3 Å². The predicted molar refractivity (Wildman–Crippen MR) is 97.6 cm³/mol. The highest BCUT2D eigenvalue weighted by molar-refractivity contribution is 5.78. The van der Waals surface area contributed by atoms with E-state index in [9.17, 15) is 4.79 Å². The van der Waals surface area contributed by atoms with Gasteiger partial charge in [0.25, 0.3) is 0 Å². The number of carbonyl (C=O) groups excluding carboxylic acids is 1. The molecule has 0 radical (unpaired) electrons. The molecule has 2 unspecified atom stereocenters. The minimum absolute atomic E-state index is 0.0748. The Kier molecular flexibility index (Phi) is 4.97. The summed E-state index contributed by atoms with van der Waals surface area (Å²) in [6, 6.07) is 8.96. The normalized spacial score (nSPS) is 25.2. The van der Waals surface area contributed by atoms with E-state index >= 15 is 0 Å². The Balaban J connectivity index is 1.59. The van der Waals surface area contributed by atoms with Gasteiger partial charge >= 0.3 is 0 Å². The first-order chi connectivity index (χ1) is 11.3. The van der Waals surface area contributed by atoms with Gasteiger partial charge in [-0.2, -0.15) is 0 Å². The Morgan fingerprint density at radius 3 is 2.54 bits per heavy atom. The molecule has 0 bridgehead atoms. The number of nitrogens with one attached hydrogen (secondary N) is 1. The molecule has 1 amide bonds. The lowest BCUT2D eigenvalue weighted by Gasteiger charge is -2.42. The highest BCUT2D eigenvalue weighted by Gasteiger charge is 2.36. The molecule has 1 aliphatic carbocycles. The van der Waals surface area contributed by atoms with E-state index in [0.717, 1.165) is 19.5 Å². The summed E-state index contributed by atoms with van der Waals surface area (Å²) in [5, 5.41) is 3.29. The van der Waals surface area contributed by atoms with Gasteiger partial charge in [-0.25, -0.2) is 0 Å². The minimum Gasteiger partial charge on any atom is -0.348 e. The Labute approximate surface area is 145 Å². The molecule has 0 spiro atoms. The SMILES string of the molecule is Cc1ccc(C(NC(=O)CN2CCC(N)C(C)(C)C2)C2CC2)cc1. The summed E-state index contributed by atoms with van der Waals surface area (Å²) in [6.45, 7) is 8.77. The fourth-order valence-corrected chi connectivity index (χ4v) is 3.72. The van der Waals surface area contributed by atoms with E-state index in [-0.39, 0.29) is 23.4 Å². The van der Waals surface area contributed by atoms with E-state index < -0.39 is 0 Å². The largest absolute Gasteiger partial charge is 0.348 e. The number of aryl methyl sites for hydroxylation is 1. The maximum atomic E-state index is 12.6. The fraction of sp³-hybridized carbons (Fsp3) is 0.650. The van der Waals surface area contributed by atoms with Gasteiger partial charge in [0.1, 0.15) is 0 Å². The van der Waals surface area contributed by atoms with Crippen LogP contribution in [0.25, 0.3) is 0 Å². The minimum atomic E-state index is 0.0748. The molecule has 3 rings (SSSR count). The van der Waals surface area contributed by atoms with Crippen molar-refractivity contribution >= 4 is 5.91 Å². The maximum Gasteiger partial charge on any atom is 0.234 e. The molecule has 1 heterocycles. The first-order valence-electron chi connectivity index (χ1n) is 9.19. The van der Waals surface area contributed by atoms with Gasteiger partial charge in [0.2, 0.25) is 5.91 Å². The molecule has 1 aliphatic heterocycles. The first-order valence-corrected chi connectivity index (χ1v) is 9.19. The standard InChI is InChI=1S/C20H31N3O/c1-14-4-6-15(7-5-14)19(16-8-9-16)22-18(24)12-23-11-10-17(21)20(2,3)13-23/h4-7,16-17,19H,8-13,21H2,1-3H3,(H,22,24). The van der Waals surface area contributed by atoms with Crippen molar-refractivity contribution in [3.63, 3.8) is 0 Å². The fourth-order valence-electron chi connectivity index (χ4n) is 3.72. The zero-order valence-corrected chi connectivity index (χ0v) is 15.2. The van der Waals surface area contributed by atoms with Crippen molar-refractivity contribution in [2.75, 3.05) is 19.6 Å². The van der Waals surface area contributed by atoms with Gasteiger partial charge in [0.15, 0.2) is 0 Å². The van der Waals surface area contributed by atoms with Crippen molar-refractivity contribution in [2.24, 2.45) is 17.1 Å². The summed E-state index contributed by atoms with van der Waals surface area (Å²) >= 11 is 0. The highest BCUT2D eigenvalue weighted by atomic mass is 16.2. The van der Waals surface area contributed by atoms with Crippen molar-refractivity contribution in [1.29, 1.82) is 0 Å². The second-order valence-electron chi connectivity index (χ2n) is 8.39. The zero-order valence-electron chi connectivity index (χ0n) is 15.2. The van der Waals surface area contributed by atoms with Crippen molar-refractivity contribution in [1.82, 2.24) is 10.2 Å². The van der Waals surface area contributed by atoms with E-state index in [1.807, 2.05) is 0 Å². The predicted octanol–water partition coefficient (Wildman–Crippen LogP) is 2.62. The molecule has 2 aliphatic rings. The average Bonchev–Trinajstić information content (AvgIpc) is 3.34. The number of likely N-dealkylation sites (tertiary alicyclic amines) is 1. The van der Waals surface area contributed by atoms with Crippen LogP contribution in [-0.4, -0.2) is 36.5 Å². The van der Waals surface area contributed by atoms with Crippen LogP contribution >= 0.6 is 0 Å². The van der Waals surface area contributed by atoms with Gasteiger partial charge in [0.05, 0.1) is 12.6 Å². The number of nitrogens with zero attached hydrogens (tertiary/aromatic N) is 1. The van der Waals surface area contributed by atoms with Gasteiger partial charge in [-0.1, -0.05) is 43.7 Å². The number of carbonyl (C=O) groups is 1. The summed E-state index contributed by atoms with van der Waals surface area (Å²) < 4.78 is 0. The van der Waals surface area contributed by atoms with Crippen LogP contribution in [0, 0.1) is 18.3 Å². The topological polar surface area (TPSA) is 58.4 Å². The lowest BCUT2D eigenvalue weighted by molar-refractivity contribution is -0.124. The second kappa shape index (κ2) is 6.85. The zero-order chi connectivity index (χ0) is 17.3. The molecule has 1 saturated carbocycles. The molecule has 4 nitrogen and oxygen atoms in total. The van der Waals surface area contributed by atoms with E-state index in [1.165, 1.54) is 24.0 Å². The van der Waals surface area contributed by atoms with Crippen LogP contribution in [0.4, 0.5) is 0 Å². The lowest BCUT2D eigenvalue weighted by atomic mass is 9.80. The smallest absolute Gasteiger partial charge is 0.234 e. The van der Waals surface area contributed by atoms with Crippen LogP contribution in [0.5, 0.6) is 0 Å². The van der Waals surface area contributed by atoms with E-state index in [2.05, 4.69) is 55.3 Å². The van der Waals surface area contributed by atoms with Crippen molar-refractivity contribution in [2.45, 2.75) is 52.1 Å². The van der Waals surface area contributed by atoms with Crippen LogP contribution in [0.3, 0.4) is 0 Å². The molecule has 1 aromatic carbocycles. The van der Waals surface area contributed by atoms with Crippen LogP contribution in [0.1, 0.15) is 50.3 Å². The van der Waals surface area contributed by atoms with Crippen molar-refractivity contribution in [3.05, 3.63) is 35.4 Å². The number of hydrogen-bond acceptors (Lipinski definition) is 3. The Hall–Kier alpha value is -1.39. The Bertz CT molecular complexity index is 577. The first kappa shape index (κ1) is 17.4. The summed E-state index contributed by atoms with van der Waals surface area (Å²) in [4.78, 5) is 14.9. The summed E-state index contributed by atoms with van der Waals surface area (Å²) in [6.07, 6.45) is 3.39. The van der Waals surface area contributed by atoms with Gasteiger partial charge in [-0.15, -0.1) is 0 Å². The Morgan fingerprint density at radius 2 is 1.96 bits per heavy atom. The average molecular weight is 329 g/mol. The molecule has 1 aromatic rings.